The zero-order chi connectivity index (χ0) is 14.7. The fourth-order valence-electron chi connectivity index (χ4n) is 1.78. The second-order valence-corrected chi connectivity index (χ2v) is 5.33. The van der Waals surface area contributed by atoms with E-state index in [9.17, 15) is 4.79 Å². The van der Waals surface area contributed by atoms with E-state index in [0.717, 1.165) is 5.69 Å². The summed E-state index contributed by atoms with van der Waals surface area (Å²) in [5, 5.41) is 2.85. The largest absolute Gasteiger partial charge is 0.399 e. The summed E-state index contributed by atoms with van der Waals surface area (Å²) in [6.45, 7) is 0. The van der Waals surface area contributed by atoms with Gasteiger partial charge in [-0.3, -0.25) is 9.78 Å². The Morgan fingerprint density at radius 2 is 2.10 bits per heavy atom. The molecule has 0 saturated heterocycles. The third kappa shape index (κ3) is 3.08. The van der Waals surface area contributed by atoms with Crippen LogP contribution in [0.25, 0.3) is 0 Å². The highest BCUT2D eigenvalue weighted by atomic mass is 79.9. The summed E-state index contributed by atoms with van der Waals surface area (Å²) in [5.74, 6) is -0.236. The Hall–Kier alpha value is -2.08. The molecule has 3 N–H and O–H groups in total. The number of nitrogens with zero attached hydrogens (tertiary/aromatic N) is 2. The first-order valence-corrected chi connectivity index (χ1v) is 6.76. The van der Waals surface area contributed by atoms with Gasteiger partial charge in [-0.1, -0.05) is 0 Å². The van der Waals surface area contributed by atoms with E-state index in [0.29, 0.717) is 21.4 Å². The predicted molar refractivity (Wildman–Crippen MR) is 85.1 cm³/mol. The van der Waals surface area contributed by atoms with E-state index in [1.54, 1.807) is 30.6 Å². The van der Waals surface area contributed by atoms with Gasteiger partial charge in [-0.25, -0.2) is 0 Å². The smallest absolute Gasteiger partial charge is 0.256 e. The van der Waals surface area contributed by atoms with Crippen molar-refractivity contribution in [3.63, 3.8) is 0 Å². The summed E-state index contributed by atoms with van der Waals surface area (Å²) in [7, 11) is 3.81. The lowest BCUT2D eigenvalue weighted by atomic mass is 10.2. The van der Waals surface area contributed by atoms with Gasteiger partial charge in [0.05, 0.1) is 23.1 Å². The van der Waals surface area contributed by atoms with Crippen LogP contribution in [0, 0.1) is 0 Å². The van der Waals surface area contributed by atoms with Gasteiger partial charge in [0.15, 0.2) is 0 Å². The topological polar surface area (TPSA) is 71.2 Å². The highest BCUT2D eigenvalue weighted by molar-refractivity contribution is 9.10. The van der Waals surface area contributed by atoms with Gasteiger partial charge in [0.1, 0.15) is 0 Å². The first-order valence-electron chi connectivity index (χ1n) is 5.96. The second-order valence-electron chi connectivity index (χ2n) is 4.48. The predicted octanol–water partition coefficient (Wildman–Crippen LogP) is 2.74. The molecular weight excluding hydrogens is 320 g/mol. The maximum absolute atomic E-state index is 12.3. The molecule has 0 aliphatic rings. The van der Waals surface area contributed by atoms with Crippen LogP contribution in [0.5, 0.6) is 0 Å². The van der Waals surface area contributed by atoms with E-state index in [4.69, 9.17) is 5.73 Å². The van der Waals surface area contributed by atoms with E-state index in [2.05, 4.69) is 26.2 Å². The number of benzene rings is 1. The highest BCUT2D eigenvalue weighted by Gasteiger charge is 2.13. The molecule has 1 amide bonds. The fourth-order valence-corrected chi connectivity index (χ4v) is 2.21. The molecule has 6 heteroatoms. The van der Waals surface area contributed by atoms with Crippen molar-refractivity contribution in [3.8, 4) is 0 Å². The molecule has 2 aromatic rings. The van der Waals surface area contributed by atoms with Gasteiger partial charge >= 0.3 is 0 Å². The number of amides is 1. The van der Waals surface area contributed by atoms with Crippen molar-refractivity contribution in [1.29, 1.82) is 0 Å². The molecule has 5 nitrogen and oxygen atoms in total. The van der Waals surface area contributed by atoms with Gasteiger partial charge in [0, 0.05) is 30.5 Å². The fraction of sp³-hybridized carbons (Fsp3) is 0.143. The average molecular weight is 335 g/mol. The molecule has 0 saturated carbocycles. The van der Waals surface area contributed by atoms with Gasteiger partial charge in [-0.05, 0) is 40.2 Å². The Balaban J connectivity index is 2.31. The number of nitrogens with two attached hydrogens (primary N) is 1. The van der Waals surface area contributed by atoms with Gasteiger partial charge in [-0.15, -0.1) is 0 Å². The number of anilines is 3. The van der Waals surface area contributed by atoms with Crippen LogP contribution in [0.15, 0.2) is 41.1 Å². The van der Waals surface area contributed by atoms with Crippen LogP contribution < -0.4 is 16.0 Å². The quantitative estimate of drug-likeness (QED) is 0.846. The number of hydrogen-bond acceptors (Lipinski definition) is 4. The molecule has 1 aromatic heterocycles. The third-order valence-electron chi connectivity index (χ3n) is 2.76. The van der Waals surface area contributed by atoms with Crippen molar-refractivity contribution in [2.45, 2.75) is 0 Å². The molecular formula is C14H15BrN4O. The van der Waals surface area contributed by atoms with E-state index >= 15 is 0 Å². The molecule has 0 aliphatic carbocycles. The van der Waals surface area contributed by atoms with Crippen molar-refractivity contribution >= 4 is 38.9 Å². The Labute approximate surface area is 125 Å². The van der Waals surface area contributed by atoms with Crippen molar-refractivity contribution < 1.29 is 4.79 Å². The summed E-state index contributed by atoms with van der Waals surface area (Å²) < 4.78 is 0.694. The second kappa shape index (κ2) is 5.92. The maximum atomic E-state index is 12.3. The molecule has 2 rings (SSSR count). The van der Waals surface area contributed by atoms with Crippen LogP contribution in [0.2, 0.25) is 0 Å². The monoisotopic (exact) mass is 334 g/mol. The SMILES string of the molecule is CN(C)c1ccncc1NC(=O)c1cc(N)ccc1Br. The molecule has 20 heavy (non-hydrogen) atoms. The standard InChI is InChI=1S/C14H15BrN4O/c1-19(2)13-5-6-17-8-12(13)18-14(20)10-7-9(16)3-4-11(10)15/h3-8H,16H2,1-2H3,(H,18,20). The summed E-state index contributed by atoms with van der Waals surface area (Å²) in [4.78, 5) is 18.3. The first kappa shape index (κ1) is 14.3. The number of nitrogens with one attached hydrogen (secondary N) is 1. The molecule has 0 radical (unpaired) electrons. The number of pyridine rings is 1. The number of rotatable bonds is 3. The van der Waals surface area contributed by atoms with Gasteiger partial charge < -0.3 is 16.0 Å². The zero-order valence-corrected chi connectivity index (χ0v) is 12.8. The molecule has 0 aliphatic heterocycles. The minimum Gasteiger partial charge on any atom is -0.399 e. The summed E-state index contributed by atoms with van der Waals surface area (Å²) in [6.07, 6.45) is 3.30. The average Bonchev–Trinajstić information content (AvgIpc) is 2.41. The van der Waals surface area contributed by atoms with Gasteiger partial charge in [0.25, 0.3) is 5.91 Å². The first-order chi connectivity index (χ1) is 9.49. The molecule has 0 unspecified atom stereocenters. The number of hydrogen-bond donors (Lipinski definition) is 2. The van der Waals surface area contributed by atoms with E-state index in [1.807, 2.05) is 25.1 Å². The Bertz CT molecular complexity index is 643. The molecule has 1 heterocycles. The summed E-state index contributed by atoms with van der Waals surface area (Å²) >= 11 is 3.35. The third-order valence-corrected chi connectivity index (χ3v) is 3.45. The lowest BCUT2D eigenvalue weighted by molar-refractivity contribution is 0.102. The Morgan fingerprint density at radius 3 is 2.80 bits per heavy atom. The minimum absolute atomic E-state index is 0.236. The van der Waals surface area contributed by atoms with E-state index < -0.39 is 0 Å². The number of halogens is 1. The van der Waals surface area contributed by atoms with E-state index in [1.165, 1.54) is 0 Å². The van der Waals surface area contributed by atoms with Crippen LogP contribution in [-0.4, -0.2) is 25.0 Å². The molecule has 104 valence electrons. The minimum atomic E-state index is -0.236. The number of carbonyl (C=O) groups excluding carboxylic acids is 1. The van der Waals surface area contributed by atoms with Gasteiger partial charge in [0.2, 0.25) is 0 Å². The maximum Gasteiger partial charge on any atom is 0.256 e. The summed E-state index contributed by atoms with van der Waals surface area (Å²) in [5.41, 5.74) is 8.27. The lowest BCUT2D eigenvalue weighted by Gasteiger charge is -2.17. The molecule has 0 fully saturated rings. The van der Waals surface area contributed by atoms with Crippen LogP contribution in [0.1, 0.15) is 10.4 Å². The zero-order valence-electron chi connectivity index (χ0n) is 11.2. The number of nitrogen functional groups attached to an aromatic ring is 1. The van der Waals surface area contributed by atoms with Crippen LogP contribution in [0.3, 0.4) is 0 Å². The van der Waals surface area contributed by atoms with Crippen LogP contribution >= 0.6 is 15.9 Å². The van der Waals surface area contributed by atoms with Crippen LogP contribution in [-0.2, 0) is 0 Å². The Morgan fingerprint density at radius 1 is 1.35 bits per heavy atom. The van der Waals surface area contributed by atoms with Crippen LogP contribution in [0.4, 0.5) is 17.1 Å². The van der Waals surface area contributed by atoms with Crippen molar-refractivity contribution in [2.75, 3.05) is 30.0 Å². The number of carbonyl (C=O) groups is 1. The highest BCUT2D eigenvalue weighted by Crippen LogP contribution is 2.25. The van der Waals surface area contributed by atoms with E-state index in [-0.39, 0.29) is 5.91 Å². The van der Waals surface area contributed by atoms with Crippen molar-refractivity contribution in [3.05, 3.63) is 46.7 Å². The lowest BCUT2D eigenvalue weighted by Crippen LogP contribution is -2.17. The van der Waals surface area contributed by atoms with Gasteiger partial charge in [-0.2, -0.15) is 0 Å². The summed E-state index contributed by atoms with van der Waals surface area (Å²) in [6, 6.07) is 6.95. The number of aromatic nitrogens is 1. The van der Waals surface area contributed by atoms with Crippen molar-refractivity contribution in [1.82, 2.24) is 4.98 Å². The van der Waals surface area contributed by atoms with Crippen molar-refractivity contribution in [2.24, 2.45) is 0 Å². The Kier molecular flexibility index (Phi) is 4.24. The molecule has 1 aromatic carbocycles. The molecule has 0 bridgehead atoms. The molecule has 0 spiro atoms. The normalized spacial score (nSPS) is 10.2. The molecule has 0 atom stereocenters.